The van der Waals surface area contributed by atoms with Crippen molar-refractivity contribution in [1.82, 2.24) is 14.8 Å². The Hall–Kier alpha value is -3.65. The van der Waals surface area contributed by atoms with Crippen LogP contribution in [0, 0.1) is 5.92 Å². The molecule has 0 radical (unpaired) electrons. The summed E-state index contributed by atoms with van der Waals surface area (Å²) in [5, 5.41) is 8.83. The molecule has 0 spiro atoms. The van der Waals surface area contributed by atoms with Gasteiger partial charge >= 0.3 is 0 Å². The summed E-state index contributed by atoms with van der Waals surface area (Å²) in [7, 11) is 1.66. The van der Waals surface area contributed by atoms with E-state index in [0.717, 1.165) is 57.9 Å². The number of methoxy groups -OCH3 is 1. The number of hydrogen-bond donors (Lipinski definition) is 1. The predicted molar refractivity (Wildman–Crippen MR) is 145 cm³/mol. The van der Waals surface area contributed by atoms with Crippen molar-refractivity contribution in [3.63, 3.8) is 0 Å². The smallest absolute Gasteiger partial charge is 0.240 e. The van der Waals surface area contributed by atoms with Gasteiger partial charge in [-0.2, -0.15) is 5.10 Å². The van der Waals surface area contributed by atoms with Gasteiger partial charge in [-0.25, -0.2) is 4.68 Å². The molecule has 2 aromatic heterocycles. The number of amides is 1. The fraction of sp³-hybridized carbons (Fsp3) is 0.310. The molecule has 188 valence electrons. The molecule has 3 heterocycles. The number of carbonyl (C=O) groups is 2. The number of aryl methyl sites for hydroxylation is 1. The van der Waals surface area contributed by atoms with Crippen LogP contribution in [-0.2, 0) is 17.6 Å². The van der Waals surface area contributed by atoms with Crippen molar-refractivity contribution in [3.8, 4) is 11.4 Å². The number of nitrogens with zero attached hydrogens (tertiary/aromatic N) is 3. The lowest BCUT2D eigenvalue weighted by atomic mass is 9.83. The molecule has 8 heteroatoms. The van der Waals surface area contributed by atoms with Crippen molar-refractivity contribution in [3.05, 3.63) is 71.7 Å². The van der Waals surface area contributed by atoms with Crippen molar-refractivity contribution < 1.29 is 14.3 Å². The van der Waals surface area contributed by atoms with E-state index in [1.165, 1.54) is 17.3 Å². The number of ketones is 1. The van der Waals surface area contributed by atoms with Crippen LogP contribution in [0.3, 0.4) is 0 Å². The molecule has 1 N–H and O–H groups in total. The first-order chi connectivity index (χ1) is 17.8. The lowest BCUT2D eigenvalue weighted by Crippen LogP contribution is -2.37. The number of Topliss-reactive ketones (excluding diaryl/α,β-unsaturated/α-hetero) is 1. The van der Waals surface area contributed by atoms with E-state index in [2.05, 4.69) is 16.5 Å². The lowest BCUT2D eigenvalue weighted by Gasteiger charge is -2.30. The van der Waals surface area contributed by atoms with Gasteiger partial charge in [0.1, 0.15) is 5.75 Å². The minimum Gasteiger partial charge on any atom is -0.497 e. The molecule has 7 nitrogen and oxygen atoms in total. The van der Waals surface area contributed by atoms with Crippen LogP contribution in [-0.4, -0.2) is 38.3 Å². The summed E-state index contributed by atoms with van der Waals surface area (Å²) >= 11 is 1.53. The number of aromatic nitrogens is 3. The second-order valence-electron chi connectivity index (χ2n) is 10.3. The number of hydrogen-bond acceptors (Lipinski definition) is 6. The molecule has 2 aliphatic rings. The van der Waals surface area contributed by atoms with Crippen LogP contribution in [0.5, 0.6) is 5.75 Å². The van der Waals surface area contributed by atoms with E-state index in [4.69, 9.17) is 9.84 Å². The predicted octanol–water partition coefficient (Wildman–Crippen LogP) is 5.63. The summed E-state index contributed by atoms with van der Waals surface area (Å²) in [6, 6.07) is 13.5. The van der Waals surface area contributed by atoms with Gasteiger partial charge in [-0.1, -0.05) is 6.07 Å². The summed E-state index contributed by atoms with van der Waals surface area (Å²) < 4.78 is 6.83. The molecular formula is C29H28N4O3S. The summed E-state index contributed by atoms with van der Waals surface area (Å²) in [6.45, 7) is 3.81. The molecule has 0 saturated heterocycles. The van der Waals surface area contributed by atoms with Crippen LogP contribution >= 0.6 is 11.8 Å². The zero-order valence-corrected chi connectivity index (χ0v) is 21.9. The van der Waals surface area contributed by atoms with Crippen LogP contribution in [0.1, 0.15) is 48.3 Å². The van der Waals surface area contributed by atoms with E-state index in [-0.39, 0.29) is 17.6 Å². The monoisotopic (exact) mass is 512 g/mol. The van der Waals surface area contributed by atoms with E-state index in [0.29, 0.717) is 12.0 Å². The molecule has 1 amide bonds. The zero-order chi connectivity index (χ0) is 25.7. The third kappa shape index (κ3) is 4.39. The average molecular weight is 513 g/mol. The fourth-order valence-corrected chi connectivity index (χ4v) is 6.23. The molecule has 2 aromatic carbocycles. The highest BCUT2D eigenvalue weighted by Crippen LogP contribution is 2.42. The zero-order valence-electron chi connectivity index (χ0n) is 21.1. The number of nitrogens with one attached hydrogen (secondary N) is 1. The highest BCUT2D eigenvalue weighted by Gasteiger charge is 2.35. The van der Waals surface area contributed by atoms with E-state index < -0.39 is 4.75 Å². The van der Waals surface area contributed by atoms with E-state index in [1.54, 1.807) is 13.3 Å². The molecule has 1 aliphatic carbocycles. The van der Waals surface area contributed by atoms with Crippen molar-refractivity contribution in [2.24, 2.45) is 5.92 Å². The third-order valence-electron chi connectivity index (χ3n) is 7.28. The maximum Gasteiger partial charge on any atom is 0.240 e. The number of rotatable bonds is 5. The molecule has 0 bridgehead atoms. The topological polar surface area (TPSA) is 86.1 Å². The van der Waals surface area contributed by atoms with Crippen molar-refractivity contribution >= 4 is 40.0 Å². The first-order valence-corrected chi connectivity index (χ1v) is 13.3. The highest BCUT2D eigenvalue weighted by atomic mass is 32.2. The second-order valence-corrected chi connectivity index (χ2v) is 11.9. The van der Waals surface area contributed by atoms with E-state index in [9.17, 15) is 9.59 Å². The van der Waals surface area contributed by atoms with Gasteiger partial charge in [-0.05, 0) is 81.0 Å². The first kappa shape index (κ1) is 23.7. The van der Waals surface area contributed by atoms with Crippen molar-refractivity contribution in [2.45, 2.75) is 49.2 Å². The molecule has 1 unspecified atom stereocenters. The van der Waals surface area contributed by atoms with Crippen molar-refractivity contribution in [1.29, 1.82) is 0 Å². The molecular weight excluding hydrogens is 484 g/mol. The molecule has 0 fully saturated rings. The van der Waals surface area contributed by atoms with Crippen LogP contribution < -0.4 is 10.1 Å². The largest absolute Gasteiger partial charge is 0.497 e. The van der Waals surface area contributed by atoms with E-state index in [1.807, 2.05) is 61.0 Å². The minimum atomic E-state index is -0.516. The maximum atomic E-state index is 13.2. The van der Waals surface area contributed by atoms with Gasteiger partial charge in [-0.15, -0.1) is 11.8 Å². The Morgan fingerprint density at radius 2 is 2.08 bits per heavy atom. The van der Waals surface area contributed by atoms with Crippen LogP contribution in [0.2, 0.25) is 0 Å². The number of fused-ring (bicyclic) bond motifs is 3. The summed E-state index contributed by atoms with van der Waals surface area (Å²) in [5.74, 6) is 1.11. The molecule has 37 heavy (non-hydrogen) atoms. The lowest BCUT2D eigenvalue weighted by molar-refractivity contribution is -0.117. The number of ether oxygens (including phenoxy) is 1. The van der Waals surface area contributed by atoms with Gasteiger partial charge in [0.15, 0.2) is 5.78 Å². The standard InChI is InChI=1S/C29H28N4O3S/c1-29(2)28(35)31-24-14-18(5-9-27(24)37-29)26(34)13-17-4-7-22-19(12-17)16-33(32-22)25-10-11-30-23-8-6-20(36-3)15-21(23)25/h5-6,8-11,14-17H,4,7,12-13H2,1-3H3,(H,31,35). The Bertz CT molecular complexity index is 1560. The summed E-state index contributed by atoms with van der Waals surface area (Å²) in [4.78, 5) is 31.0. The molecule has 6 rings (SSSR count). The fourth-order valence-electron chi connectivity index (χ4n) is 5.18. The van der Waals surface area contributed by atoms with Gasteiger partial charge in [0.2, 0.25) is 5.91 Å². The molecule has 0 saturated carbocycles. The Morgan fingerprint density at radius 3 is 2.92 bits per heavy atom. The normalized spacial score (nSPS) is 18.1. The first-order valence-electron chi connectivity index (χ1n) is 12.5. The minimum absolute atomic E-state index is 0.0353. The highest BCUT2D eigenvalue weighted by molar-refractivity contribution is 8.01. The maximum absolute atomic E-state index is 13.2. The van der Waals surface area contributed by atoms with Gasteiger partial charge < -0.3 is 10.1 Å². The van der Waals surface area contributed by atoms with Crippen LogP contribution in [0.15, 0.2) is 59.8 Å². The van der Waals surface area contributed by atoms with Gasteiger partial charge in [0, 0.05) is 34.7 Å². The number of pyridine rings is 1. The Balaban J connectivity index is 1.20. The van der Waals surface area contributed by atoms with Crippen LogP contribution in [0.4, 0.5) is 5.69 Å². The Morgan fingerprint density at radius 1 is 1.22 bits per heavy atom. The second kappa shape index (κ2) is 9.03. The number of thioether (sulfide) groups is 1. The van der Waals surface area contributed by atoms with Gasteiger partial charge in [-0.3, -0.25) is 14.6 Å². The molecule has 1 aliphatic heterocycles. The Kier molecular flexibility index (Phi) is 5.79. The average Bonchev–Trinajstić information content (AvgIpc) is 3.31. The quantitative estimate of drug-likeness (QED) is 0.349. The van der Waals surface area contributed by atoms with Gasteiger partial charge in [0.05, 0.1) is 34.4 Å². The summed E-state index contributed by atoms with van der Waals surface area (Å²) in [6.07, 6.45) is 6.95. The number of benzene rings is 2. The third-order valence-corrected chi connectivity index (χ3v) is 8.56. The Labute approximate surface area is 219 Å². The SMILES string of the molecule is COc1ccc2nccc(-n3cc4c(n3)CCC(CC(=O)c3ccc5c(c3)NC(=O)C(C)(C)S5)C4)c2c1. The number of carbonyl (C=O) groups excluding carboxylic acids is 2. The molecule has 4 aromatic rings. The van der Waals surface area contributed by atoms with E-state index >= 15 is 0 Å². The number of anilines is 1. The van der Waals surface area contributed by atoms with Gasteiger partial charge in [0.25, 0.3) is 0 Å². The van der Waals surface area contributed by atoms with Crippen molar-refractivity contribution in [2.75, 3.05) is 12.4 Å². The summed E-state index contributed by atoms with van der Waals surface area (Å²) in [5.41, 5.74) is 5.51. The molecule has 1 atom stereocenters. The van der Waals surface area contributed by atoms with Crippen LogP contribution in [0.25, 0.3) is 16.6 Å².